The fourth-order valence-corrected chi connectivity index (χ4v) is 3.11. The number of amides is 1. The molecule has 4 rings (SSSR count). The Hall–Kier alpha value is -2.90. The summed E-state index contributed by atoms with van der Waals surface area (Å²) in [5.74, 6) is 0.320. The van der Waals surface area contributed by atoms with Gasteiger partial charge in [-0.15, -0.1) is 10.2 Å². The van der Waals surface area contributed by atoms with Crippen molar-refractivity contribution in [3.05, 3.63) is 42.2 Å². The van der Waals surface area contributed by atoms with E-state index >= 15 is 0 Å². The summed E-state index contributed by atoms with van der Waals surface area (Å²) in [5, 5.41) is 15.9. The second kappa shape index (κ2) is 5.95. The van der Waals surface area contributed by atoms with Crippen LogP contribution in [0.3, 0.4) is 0 Å². The van der Waals surface area contributed by atoms with Gasteiger partial charge in [0.25, 0.3) is 5.91 Å². The van der Waals surface area contributed by atoms with Crippen molar-refractivity contribution in [3.8, 4) is 0 Å². The average molecular weight is 326 g/mol. The lowest BCUT2D eigenvalue weighted by Gasteiger charge is -2.33. The lowest BCUT2D eigenvalue weighted by molar-refractivity contribution is 0.0682. The highest BCUT2D eigenvalue weighted by molar-refractivity contribution is 5.91. The summed E-state index contributed by atoms with van der Waals surface area (Å²) in [6.07, 6.45) is 5.04. The maximum atomic E-state index is 12.5. The van der Waals surface area contributed by atoms with Crippen LogP contribution in [0.2, 0.25) is 0 Å². The summed E-state index contributed by atoms with van der Waals surface area (Å²) < 4.78 is 6.88. The van der Waals surface area contributed by atoms with E-state index in [0.29, 0.717) is 18.0 Å². The molecule has 1 aliphatic heterocycles. The van der Waals surface area contributed by atoms with Crippen molar-refractivity contribution >= 4 is 17.2 Å². The Bertz CT molecular complexity index is 857. The Morgan fingerprint density at radius 3 is 3.21 bits per heavy atom. The molecule has 8 heteroatoms. The van der Waals surface area contributed by atoms with Gasteiger partial charge in [-0.2, -0.15) is 9.61 Å². The molecule has 8 nitrogen and oxygen atoms in total. The fraction of sp³-hybridized carbons (Fsp3) is 0.375. The van der Waals surface area contributed by atoms with Crippen molar-refractivity contribution in [1.82, 2.24) is 24.7 Å². The summed E-state index contributed by atoms with van der Waals surface area (Å²) in [6, 6.07) is 5.54. The van der Waals surface area contributed by atoms with Crippen LogP contribution in [0.5, 0.6) is 0 Å². The van der Waals surface area contributed by atoms with Gasteiger partial charge in [0, 0.05) is 19.1 Å². The van der Waals surface area contributed by atoms with Gasteiger partial charge in [0.2, 0.25) is 5.65 Å². The van der Waals surface area contributed by atoms with Crippen molar-refractivity contribution in [2.24, 2.45) is 0 Å². The minimum atomic E-state index is -0.0648. The van der Waals surface area contributed by atoms with E-state index in [9.17, 15) is 4.79 Å². The number of rotatable bonds is 3. The first-order valence-corrected chi connectivity index (χ1v) is 7.98. The lowest BCUT2D eigenvalue weighted by atomic mass is 10.0. The molecule has 1 N–H and O–H groups in total. The van der Waals surface area contributed by atoms with E-state index in [4.69, 9.17) is 4.42 Å². The molecule has 124 valence electrons. The molecule has 3 aromatic rings. The van der Waals surface area contributed by atoms with Crippen LogP contribution < -0.4 is 5.32 Å². The zero-order chi connectivity index (χ0) is 16.5. The standard InChI is InChI=1S/C16H18N6O2/c1-11-8-13(15-19-17-10-22(15)20-11)18-12-4-2-6-21(9-12)16(23)14-5-3-7-24-14/h3,5,7-8,10,12,18H,2,4,6,9H2,1H3. The first-order valence-electron chi connectivity index (χ1n) is 7.98. The van der Waals surface area contributed by atoms with Crippen LogP contribution in [0.25, 0.3) is 5.65 Å². The third kappa shape index (κ3) is 2.70. The summed E-state index contributed by atoms with van der Waals surface area (Å²) in [7, 11) is 0. The van der Waals surface area contributed by atoms with Gasteiger partial charge in [0.05, 0.1) is 17.6 Å². The predicted octanol–water partition coefficient (Wildman–Crippen LogP) is 1.74. The maximum absolute atomic E-state index is 12.5. The van der Waals surface area contributed by atoms with E-state index in [-0.39, 0.29) is 11.9 Å². The molecule has 0 bridgehead atoms. The van der Waals surface area contributed by atoms with Crippen molar-refractivity contribution < 1.29 is 9.21 Å². The Labute approximate surface area is 138 Å². The molecule has 0 aromatic carbocycles. The molecule has 1 amide bonds. The van der Waals surface area contributed by atoms with Crippen LogP contribution in [0.4, 0.5) is 5.69 Å². The van der Waals surface area contributed by atoms with Crippen LogP contribution in [0.1, 0.15) is 29.1 Å². The Morgan fingerprint density at radius 2 is 2.38 bits per heavy atom. The maximum Gasteiger partial charge on any atom is 0.289 e. The normalized spacial score (nSPS) is 18.0. The highest BCUT2D eigenvalue weighted by atomic mass is 16.3. The number of hydrogen-bond acceptors (Lipinski definition) is 6. The summed E-state index contributed by atoms with van der Waals surface area (Å²) in [5.41, 5.74) is 2.46. The van der Waals surface area contributed by atoms with Crippen molar-refractivity contribution in [2.45, 2.75) is 25.8 Å². The zero-order valence-corrected chi connectivity index (χ0v) is 13.3. The van der Waals surface area contributed by atoms with Gasteiger partial charge in [-0.3, -0.25) is 4.79 Å². The number of likely N-dealkylation sites (tertiary alicyclic amines) is 1. The lowest BCUT2D eigenvalue weighted by Crippen LogP contribution is -2.45. The van der Waals surface area contributed by atoms with Crippen LogP contribution >= 0.6 is 0 Å². The number of hydrogen-bond donors (Lipinski definition) is 1. The van der Waals surface area contributed by atoms with E-state index in [1.54, 1.807) is 23.0 Å². The number of aryl methyl sites for hydroxylation is 1. The summed E-state index contributed by atoms with van der Waals surface area (Å²) >= 11 is 0. The monoisotopic (exact) mass is 326 g/mol. The van der Waals surface area contributed by atoms with Crippen LogP contribution in [0.15, 0.2) is 35.2 Å². The molecule has 0 spiro atoms. The molecule has 24 heavy (non-hydrogen) atoms. The van der Waals surface area contributed by atoms with Gasteiger partial charge in [-0.05, 0) is 38.0 Å². The second-order valence-corrected chi connectivity index (χ2v) is 6.01. The van der Waals surface area contributed by atoms with Crippen LogP contribution in [-0.2, 0) is 0 Å². The zero-order valence-electron chi connectivity index (χ0n) is 13.3. The number of aromatic nitrogens is 4. The summed E-state index contributed by atoms with van der Waals surface area (Å²) in [4.78, 5) is 14.3. The smallest absolute Gasteiger partial charge is 0.289 e. The van der Waals surface area contributed by atoms with E-state index in [0.717, 1.165) is 30.8 Å². The molecule has 4 heterocycles. The highest BCUT2D eigenvalue weighted by Gasteiger charge is 2.26. The number of carbonyl (C=O) groups excluding carboxylic acids is 1. The van der Waals surface area contributed by atoms with Gasteiger partial charge in [-0.25, -0.2) is 0 Å². The molecule has 0 radical (unpaired) electrons. The predicted molar refractivity (Wildman–Crippen MR) is 86.8 cm³/mol. The quantitative estimate of drug-likeness (QED) is 0.789. The van der Waals surface area contributed by atoms with Gasteiger partial charge < -0.3 is 14.6 Å². The molecular formula is C16H18N6O2. The number of nitrogens with one attached hydrogen (secondary N) is 1. The third-order valence-corrected chi connectivity index (χ3v) is 4.19. The minimum absolute atomic E-state index is 0.0648. The molecule has 1 unspecified atom stereocenters. The van der Waals surface area contributed by atoms with Crippen LogP contribution in [-0.4, -0.2) is 49.7 Å². The molecule has 0 aliphatic carbocycles. The molecule has 3 aromatic heterocycles. The van der Waals surface area contributed by atoms with Crippen LogP contribution in [0, 0.1) is 6.92 Å². The van der Waals surface area contributed by atoms with Gasteiger partial charge >= 0.3 is 0 Å². The number of furan rings is 1. The Kier molecular flexibility index (Phi) is 3.64. The third-order valence-electron chi connectivity index (χ3n) is 4.19. The first-order chi connectivity index (χ1) is 11.7. The number of anilines is 1. The molecular weight excluding hydrogens is 308 g/mol. The minimum Gasteiger partial charge on any atom is -0.459 e. The number of carbonyl (C=O) groups is 1. The summed E-state index contributed by atoms with van der Waals surface area (Å²) in [6.45, 7) is 3.30. The largest absolute Gasteiger partial charge is 0.459 e. The second-order valence-electron chi connectivity index (χ2n) is 6.01. The van der Waals surface area contributed by atoms with Crippen molar-refractivity contribution in [3.63, 3.8) is 0 Å². The highest BCUT2D eigenvalue weighted by Crippen LogP contribution is 2.21. The topological polar surface area (TPSA) is 88.6 Å². The van der Waals surface area contributed by atoms with E-state index in [1.807, 2.05) is 17.9 Å². The Morgan fingerprint density at radius 1 is 1.46 bits per heavy atom. The van der Waals surface area contributed by atoms with E-state index in [1.165, 1.54) is 6.26 Å². The van der Waals surface area contributed by atoms with E-state index < -0.39 is 0 Å². The van der Waals surface area contributed by atoms with Gasteiger partial charge in [0.15, 0.2) is 5.76 Å². The first kappa shape index (κ1) is 14.7. The number of piperidine rings is 1. The molecule has 1 aliphatic rings. The van der Waals surface area contributed by atoms with Gasteiger partial charge in [0.1, 0.15) is 6.33 Å². The SMILES string of the molecule is Cc1cc(NC2CCCN(C(=O)c3ccco3)C2)c2nncn2n1. The van der Waals surface area contributed by atoms with Gasteiger partial charge in [-0.1, -0.05) is 0 Å². The van der Waals surface area contributed by atoms with E-state index in [2.05, 4.69) is 20.6 Å². The molecule has 1 fully saturated rings. The van der Waals surface area contributed by atoms with Crippen molar-refractivity contribution in [2.75, 3.05) is 18.4 Å². The molecule has 1 atom stereocenters. The molecule has 0 saturated carbocycles. The number of fused-ring (bicyclic) bond motifs is 1. The Balaban J connectivity index is 1.52. The average Bonchev–Trinajstić information content (AvgIpc) is 3.25. The fourth-order valence-electron chi connectivity index (χ4n) is 3.11. The van der Waals surface area contributed by atoms with Crippen molar-refractivity contribution in [1.29, 1.82) is 0 Å². The molecule has 1 saturated heterocycles. The number of nitrogens with zero attached hydrogens (tertiary/aromatic N) is 5.